The normalized spacial score (nSPS) is 10.8. The number of aromatic nitrogens is 1. The minimum absolute atomic E-state index is 0.0862. The van der Waals surface area contributed by atoms with Crippen LogP contribution in [0.4, 0.5) is 5.13 Å². The molecular formula is C22H28N2O5S. The van der Waals surface area contributed by atoms with Crippen molar-refractivity contribution in [1.82, 2.24) is 4.98 Å². The molecule has 1 heterocycles. The van der Waals surface area contributed by atoms with E-state index in [1.165, 1.54) is 17.4 Å². The quantitative estimate of drug-likeness (QED) is 0.302. The van der Waals surface area contributed by atoms with Gasteiger partial charge in [0, 0.05) is 11.5 Å². The number of nitrogens with one attached hydrogen (secondary N) is 1. The van der Waals surface area contributed by atoms with Gasteiger partial charge in [-0.1, -0.05) is 19.4 Å². The molecular weight excluding hydrogens is 404 g/mol. The Morgan fingerprint density at radius 1 is 1.13 bits per heavy atom. The van der Waals surface area contributed by atoms with Gasteiger partial charge in [0.1, 0.15) is 0 Å². The summed E-state index contributed by atoms with van der Waals surface area (Å²) in [5.41, 5.74) is 1.39. The van der Waals surface area contributed by atoms with Gasteiger partial charge in [-0.25, -0.2) is 4.98 Å². The average molecular weight is 433 g/mol. The van der Waals surface area contributed by atoms with Gasteiger partial charge in [0.15, 0.2) is 16.6 Å². The molecule has 1 aromatic carbocycles. The van der Waals surface area contributed by atoms with Crippen LogP contribution < -0.4 is 14.8 Å². The SMILES string of the molecule is CCCCOc1ccc(/C=C/C(=O)Nc2nc(CC(=O)OCC)cs2)cc1OCC. The predicted molar refractivity (Wildman–Crippen MR) is 118 cm³/mol. The fourth-order valence-electron chi connectivity index (χ4n) is 2.47. The second kappa shape index (κ2) is 12.6. The third-order valence-corrected chi connectivity index (χ3v) is 4.67. The zero-order valence-electron chi connectivity index (χ0n) is 17.6. The lowest BCUT2D eigenvalue weighted by atomic mass is 10.2. The number of hydrogen-bond acceptors (Lipinski definition) is 7. The van der Waals surface area contributed by atoms with Gasteiger partial charge in [0.25, 0.3) is 0 Å². The summed E-state index contributed by atoms with van der Waals surface area (Å²) in [6.07, 6.45) is 5.24. The number of carbonyl (C=O) groups is 2. The molecule has 2 rings (SSSR count). The molecule has 162 valence electrons. The van der Waals surface area contributed by atoms with Crippen molar-refractivity contribution < 1.29 is 23.8 Å². The van der Waals surface area contributed by atoms with Gasteiger partial charge in [-0.15, -0.1) is 11.3 Å². The summed E-state index contributed by atoms with van der Waals surface area (Å²) in [5, 5.41) is 4.85. The summed E-state index contributed by atoms with van der Waals surface area (Å²) >= 11 is 1.26. The lowest BCUT2D eigenvalue weighted by Gasteiger charge is -2.12. The summed E-state index contributed by atoms with van der Waals surface area (Å²) in [6, 6.07) is 5.56. The highest BCUT2D eigenvalue weighted by Crippen LogP contribution is 2.29. The molecule has 0 aliphatic rings. The maximum absolute atomic E-state index is 12.2. The molecule has 8 heteroatoms. The topological polar surface area (TPSA) is 86.8 Å². The Hall–Kier alpha value is -2.87. The number of unbranched alkanes of at least 4 members (excludes halogenated alkanes) is 1. The van der Waals surface area contributed by atoms with Crippen LogP contribution in [0.2, 0.25) is 0 Å². The Morgan fingerprint density at radius 2 is 1.97 bits per heavy atom. The first-order valence-corrected chi connectivity index (χ1v) is 10.9. The number of rotatable bonds is 12. The molecule has 0 atom stereocenters. The Kier molecular flexibility index (Phi) is 9.86. The van der Waals surface area contributed by atoms with Crippen molar-refractivity contribution in [2.75, 3.05) is 25.1 Å². The molecule has 0 bridgehead atoms. The number of anilines is 1. The Balaban J connectivity index is 1.96. The molecule has 0 spiro atoms. The molecule has 0 aliphatic carbocycles. The van der Waals surface area contributed by atoms with Gasteiger partial charge in [-0.05, 0) is 44.0 Å². The van der Waals surface area contributed by atoms with Crippen molar-refractivity contribution in [2.24, 2.45) is 0 Å². The maximum Gasteiger partial charge on any atom is 0.311 e. The minimum atomic E-state index is -0.340. The highest BCUT2D eigenvalue weighted by Gasteiger charge is 2.10. The molecule has 1 N–H and O–H groups in total. The third kappa shape index (κ3) is 7.87. The Labute approximate surface area is 181 Å². The van der Waals surface area contributed by atoms with Crippen LogP contribution in [-0.4, -0.2) is 36.7 Å². The first-order chi connectivity index (χ1) is 14.5. The summed E-state index contributed by atoms with van der Waals surface area (Å²) in [5.74, 6) is 0.699. The van der Waals surface area contributed by atoms with E-state index in [9.17, 15) is 9.59 Å². The standard InChI is InChI=1S/C22H28N2O5S/c1-4-7-12-29-18-10-8-16(13-19(18)27-5-2)9-11-20(25)24-22-23-17(15-30-22)14-21(26)28-6-3/h8-11,13,15H,4-7,12,14H2,1-3H3,(H,23,24,25)/b11-9+. The first-order valence-electron chi connectivity index (χ1n) is 10.0. The van der Waals surface area contributed by atoms with E-state index in [0.29, 0.717) is 42.1 Å². The third-order valence-electron chi connectivity index (χ3n) is 3.86. The van der Waals surface area contributed by atoms with Crippen LogP contribution in [0.15, 0.2) is 29.7 Å². The van der Waals surface area contributed by atoms with Crippen LogP contribution in [-0.2, 0) is 20.7 Å². The molecule has 0 fully saturated rings. The molecule has 1 amide bonds. The number of amides is 1. The number of thiazole rings is 1. The number of benzene rings is 1. The Bertz CT molecular complexity index is 863. The van der Waals surface area contributed by atoms with Crippen molar-refractivity contribution >= 4 is 34.4 Å². The van der Waals surface area contributed by atoms with Crippen molar-refractivity contribution in [3.63, 3.8) is 0 Å². The van der Waals surface area contributed by atoms with Crippen LogP contribution in [0.1, 0.15) is 44.9 Å². The molecule has 1 aromatic heterocycles. The fraction of sp³-hybridized carbons (Fsp3) is 0.409. The van der Waals surface area contributed by atoms with Crippen LogP contribution in [0.5, 0.6) is 11.5 Å². The van der Waals surface area contributed by atoms with Gasteiger partial charge in [0.2, 0.25) is 5.91 Å². The largest absolute Gasteiger partial charge is 0.490 e. The van der Waals surface area contributed by atoms with Crippen molar-refractivity contribution in [3.05, 3.63) is 40.9 Å². The van der Waals surface area contributed by atoms with E-state index >= 15 is 0 Å². The van der Waals surface area contributed by atoms with Crippen LogP contribution in [0.25, 0.3) is 6.08 Å². The summed E-state index contributed by atoms with van der Waals surface area (Å²) < 4.78 is 16.3. The predicted octanol–water partition coefficient (Wildman–Crippen LogP) is 4.48. The minimum Gasteiger partial charge on any atom is -0.490 e. The van der Waals surface area contributed by atoms with E-state index < -0.39 is 0 Å². The highest BCUT2D eigenvalue weighted by atomic mass is 32.1. The molecule has 30 heavy (non-hydrogen) atoms. The lowest BCUT2D eigenvalue weighted by molar-refractivity contribution is -0.142. The van der Waals surface area contributed by atoms with Crippen molar-refractivity contribution in [3.8, 4) is 11.5 Å². The molecule has 0 saturated carbocycles. The monoisotopic (exact) mass is 432 g/mol. The van der Waals surface area contributed by atoms with E-state index in [1.807, 2.05) is 25.1 Å². The first kappa shape index (κ1) is 23.4. The summed E-state index contributed by atoms with van der Waals surface area (Å²) in [6.45, 7) is 7.26. The molecule has 7 nitrogen and oxygen atoms in total. The van der Waals surface area contributed by atoms with Gasteiger partial charge in [0.05, 0.1) is 31.9 Å². The van der Waals surface area contributed by atoms with Crippen molar-refractivity contribution in [2.45, 2.75) is 40.0 Å². The van der Waals surface area contributed by atoms with Crippen LogP contribution in [0.3, 0.4) is 0 Å². The van der Waals surface area contributed by atoms with E-state index in [-0.39, 0.29) is 18.3 Å². The average Bonchev–Trinajstić information content (AvgIpc) is 3.14. The fourth-order valence-corrected chi connectivity index (χ4v) is 3.18. The number of esters is 1. The number of carbonyl (C=O) groups excluding carboxylic acids is 2. The molecule has 0 aliphatic heterocycles. The number of ether oxygens (including phenoxy) is 3. The van der Waals surface area contributed by atoms with Gasteiger partial charge < -0.3 is 14.2 Å². The smallest absolute Gasteiger partial charge is 0.311 e. The van der Waals surface area contributed by atoms with E-state index in [0.717, 1.165) is 18.4 Å². The van der Waals surface area contributed by atoms with Gasteiger partial charge >= 0.3 is 5.97 Å². The van der Waals surface area contributed by atoms with Gasteiger partial charge in [-0.3, -0.25) is 14.9 Å². The molecule has 0 unspecified atom stereocenters. The van der Waals surface area contributed by atoms with Crippen LogP contribution >= 0.6 is 11.3 Å². The zero-order valence-corrected chi connectivity index (χ0v) is 18.4. The summed E-state index contributed by atoms with van der Waals surface area (Å²) in [7, 11) is 0. The number of nitrogens with zero attached hydrogens (tertiary/aromatic N) is 1. The lowest BCUT2D eigenvalue weighted by Crippen LogP contribution is -2.09. The molecule has 2 aromatic rings. The second-order valence-electron chi connectivity index (χ2n) is 6.29. The molecule has 0 saturated heterocycles. The zero-order chi connectivity index (χ0) is 21.8. The van der Waals surface area contributed by atoms with E-state index in [4.69, 9.17) is 14.2 Å². The molecule has 0 radical (unpaired) electrons. The van der Waals surface area contributed by atoms with Crippen molar-refractivity contribution in [1.29, 1.82) is 0 Å². The maximum atomic E-state index is 12.2. The number of hydrogen-bond donors (Lipinski definition) is 1. The highest BCUT2D eigenvalue weighted by molar-refractivity contribution is 7.14. The van der Waals surface area contributed by atoms with Gasteiger partial charge in [-0.2, -0.15) is 0 Å². The second-order valence-corrected chi connectivity index (χ2v) is 7.15. The Morgan fingerprint density at radius 3 is 2.70 bits per heavy atom. The van der Waals surface area contributed by atoms with E-state index in [2.05, 4.69) is 17.2 Å². The van der Waals surface area contributed by atoms with Crippen LogP contribution in [0, 0.1) is 0 Å². The summed E-state index contributed by atoms with van der Waals surface area (Å²) in [4.78, 5) is 27.9. The van der Waals surface area contributed by atoms with E-state index in [1.54, 1.807) is 18.4 Å².